The Bertz CT molecular complexity index is 725. The van der Waals surface area contributed by atoms with Gasteiger partial charge in [0.15, 0.2) is 5.96 Å². The molecular formula is C18H27IN4O2. The molecule has 0 saturated carbocycles. The monoisotopic (exact) mass is 458 g/mol. The first-order valence-electron chi connectivity index (χ1n) is 8.22. The summed E-state index contributed by atoms with van der Waals surface area (Å²) in [6.07, 6.45) is 0.432. The third kappa shape index (κ3) is 5.91. The van der Waals surface area contributed by atoms with Gasteiger partial charge in [0.05, 0.1) is 0 Å². The van der Waals surface area contributed by atoms with Crippen LogP contribution in [0.15, 0.2) is 33.7 Å². The molecule has 0 aliphatic heterocycles. The molecule has 7 heteroatoms. The fourth-order valence-electron chi connectivity index (χ4n) is 2.38. The predicted molar refractivity (Wildman–Crippen MR) is 112 cm³/mol. The summed E-state index contributed by atoms with van der Waals surface area (Å²) >= 11 is 0. The normalized spacial score (nSPS) is 11.1. The summed E-state index contributed by atoms with van der Waals surface area (Å²) in [6, 6.07) is 7.99. The van der Waals surface area contributed by atoms with Crippen LogP contribution in [-0.4, -0.2) is 44.0 Å². The van der Waals surface area contributed by atoms with Crippen molar-refractivity contribution >= 4 is 46.8 Å². The van der Waals surface area contributed by atoms with Crippen LogP contribution in [0.3, 0.4) is 0 Å². The lowest BCUT2D eigenvalue weighted by Crippen LogP contribution is -2.39. The van der Waals surface area contributed by atoms with Crippen LogP contribution >= 0.6 is 24.0 Å². The molecule has 1 amide bonds. The Hall–Kier alpha value is -1.77. The number of aryl methyl sites for hydroxylation is 1. The molecule has 0 unspecified atom stereocenters. The summed E-state index contributed by atoms with van der Waals surface area (Å²) in [5, 5.41) is 7.48. The molecule has 0 fully saturated rings. The minimum Gasteiger partial charge on any atom is -0.459 e. The van der Waals surface area contributed by atoms with Crippen LogP contribution < -0.4 is 10.6 Å². The summed E-state index contributed by atoms with van der Waals surface area (Å²) in [7, 11) is 3.51. The van der Waals surface area contributed by atoms with Crippen molar-refractivity contribution in [2.24, 2.45) is 4.99 Å². The zero-order valence-corrected chi connectivity index (χ0v) is 17.6. The first-order valence-corrected chi connectivity index (χ1v) is 8.22. The highest BCUT2D eigenvalue weighted by atomic mass is 127. The van der Waals surface area contributed by atoms with Crippen molar-refractivity contribution in [3.63, 3.8) is 0 Å². The molecule has 0 radical (unpaired) electrons. The van der Waals surface area contributed by atoms with Gasteiger partial charge in [0, 0.05) is 44.6 Å². The topological polar surface area (TPSA) is 69.9 Å². The summed E-state index contributed by atoms with van der Waals surface area (Å²) < 4.78 is 5.88. The van der Waals surface area contributed by atoms with Crippen LogP contribution in [0, 0.1) is 6.92 Å². The Kier molecular flexibility index (Phi) is 8.74. The largest absolute Gasteiger partial charge is 0.459 e. The van der Waals surface area contributed by atoms with E-state index in [4.69, 9.17) is 4.42 Å². The standard InChI is InChI=1S/C18H26N4O2.HI/c1-5-19-18(20-11-10-17(23)22(3)4)21-12-16-13(2)14-8-6-7-9-15(14)24-16;/h6-9H,5,10-12H2,1-4H3,(H2,19,20,21);1H. The van der Waals surface area contributed by atoms with Gasteiger partial charge in [0.25, 0.3) is 0 Å². The van der Waals surface area contributed by atoms with E-state index in [0.717, 1.165) is 28.8 Å². The number of nitrogens with one attached hydrogen (secondary N) is 2. The number of hydrogen-bond acceptors (Lipinski definition) is 3. The fourth-order valence-corrected chi connectivity index (χ4v) is 2.38. The second-order valence-electron chi connectivity index (χ2n) is 5.81. The first-order chi connectivity index (χ1) is 11.5. The van der Waals surface area contributed by atoms with Gasteiger partial charge in [0.1, 0.15) is 17.9 Å². The number of carbonyl (C=O) groups excluding carboxylic acids is 1. The van der Waals surface area contributed by atoms with E-state index in [1.165, 1.54) is 0 Å². The molecule has 0 aliphatic rings. The van der Waals surface area contributed by atoms with Crippen molar-refractivity contribution in [1.82, 2.24) is 15.5 Å². The average Bonchev–Trinajstić information content (AvgIpc) is 2.89. The highest BCUT2D eigenvalue weighted by Gasteiger charge is 2.10. The van der Waals surface area contributed by atoms with Crippen LogP contribution in [0.25, 0.3) is 11.0 Å². The predicted octanol–water partition coefficient (Wildman–Crippen LogP) is 2.89. The minimum absolute atomic E-state index is 0. The maximum absolute atomic E-state index is 11.6. The number of guanidine groups is 1. The van der Waals surface area contributed by atoms with Crippen molar-refractivity contribution in [2.75, 3.05) is 27.2 Å². The van der Waals surface area contributed by atoms with Crippen molar-refractivity contribution < 1.29 is 9.21 Å². The van der Waals surface area contributed by atoms with E-state index in [1.807, 2.05) is 32.0 Å². The highest BCUT2D eigenvalue weighted by Crippen LogP contribution is 2.25. The molecule has 1 aromatic carbocycles. The quantitative estimate of drug-likeness (QED) is 0.397. The fraction of sp³-hybridized carbons (Fsp3) is 0.444. The molecule has 1 aromatic heterocycles. The van der Waals surface area contributed by atoms with Crippen molar-refractivity contribution in [1.29, 1.82) is 0 Å². The SMILES string of the molecule is CCNC(=NCc1oc2ccccc2c1C)NCCC(=O)N(C)C.I. The van der Waals surface area contributed by atoms with E-state index in [0.29, 0.717) is 25.5 Å². The van der Waals surface area contributed by atoms with E-state index in [2.05, 4.69) is 21.7 Å². The molecule has 25 heavy (non-hydrogen) atoms. The Morgan fingerprint density at radius 1 is 1.24 bits per heavy atom. The van der Waals surface area contributed by atoms with Gasteiger partial charge in [-0.15, -0.1) is 24.0 Å². The Labute approximate surface area is 166 Å². The molecule has 0 saturated heterocycles. The van der Waals surface area contributed by atoms with E-state index in [-0.39, 0.29) is 29.9 Å². The average molecular weight is 458 g/mol. The van der Waals surface area contributed by atoms with Crippen LogP contribution in [0.5, 0.6) is 0 Å². The van der Waals surface area contributed by atoms with Gasteiger partial charge >= 0.3 is 0 Å². The van der Waals surface area contributed by atoms with Crippen molar-refractivity contribution in [3.05, 3.63) is 35.6 Å². The minimum atomic E-state index is 0. The van der Waals surface area contributed by atoms with Crippen LogP contribution in [-0.2, 0) is 11.3 Å². The maximum Gasteiger partial charge on any atom is 0.223 e. The first kappa shape index (κ1) is 21.3. The number of aliphatic imine (C=N–C) groups is 1. The lowest BCUT2D eigenvalue weighted by atomic mass is 10.1. The second kappa shape index (κ2) is 10.3. The summed E-state index contributed by atoms with van der Waals surface area (Å²) in [5.41, 5.74) is 2.00. The van der Waals surface area contributed by atoms with Gasteiger partial charge in [-0.05, 0) is 19.9 Å². The van der Waals surface area contributed by atoms with E-state index < -0.39 is 0 Å². The zero-order chi connectivity index (χ0) is 17.5. The number of rotatable bonds is 6. The van der Waals surface area contributed by atoms with Crippen LogP contribution in [0.4, 0.5) is 0 Å². The number of benzene rings is 1. The highest BCUT2D eigenvalue weighted by molar-refractivity contribution is 14.0. The Morgan fingerprint density at radius 2 is 1.96 bits per heavy atom. The van der Waals surface area contributed by atoms with Gasteiger partial charge in [-0.1, -0.05) is 18.2 Å². The summed E-state index contributed by atoms with van der Waals surface area (Å²) in [5.74, 6) is 1.63. The number of hydrogen-bond donors (Lipinski definition) is 2. The van der Waals surface area contributed by atoms with Gasteiger partial charge < -0.3 is 20.0 Å². The van der Waals surface area contributed by atoms with Gasteiger partial charge in [-0.2, -0.15) is 0 Å². The molecule has 0 aliphatic carbocycles. The maximum atomic E-state index is 11.6. The van der Waals surface area contributed by atoms with Crippen molar-refractivity contribution in [2.45, 2.75) is 26.8 Å². The number of amides is 1. The molecule has 0 atom stereocenters. The number of fused-ring (bicyclic) bond motifs is 1. The lowest BCUT2D eigenvalue weighted by Gasteiger charge is -2.13. The number of halogens is 1. The Morgan fingerprint density at radius 3 is 2.60 bits per heavy atom. The lowest BCUT2D eigenvalue weighted by molar-refractivity contribution is -0.128. The molecule has 138 valence electrons. The molecule has 6 nitrogen and oxygen atoms in total. The van der Waals surface area contributed by atoms with Crippen LogP contribution in [0.2, 0.25) is 0 Å². The van der Waals surface area contributed by atoms with E-state index >= 15 is 0 Å². The van der Waals surface area contributed by atoms with Gasteiger partial charge in [0.2, 0.25) is 5.91 Å². The third-order valence-electron chi connectivity index (χ3n) is 3.80. The number of carbonyl (C=O) groups is 1. The molecule has 0 bridgehead atoms. The molecule has 2 aromatic rings. The number of nitrogens with zero attached hydrogens (tertiary/aromatic N) is 2. The molecule has 0 spiro atoms. The van der Waals surface area contributed by atoms with Gasteiger partial charge in [-0.25, -0.2) is 4.99 Å². The van der Waals surface area contributed by atoms with Crippen LogP contribution in [0.1, 0.15) is 24.7 Å². The molecule has 2 rings (SSSR count). The van der Waals surface area contributed by atoms with E-state index in [1.54, 1.807) is 19.0 Å². The molecular weight excluding hydrogens is 431 g/mol. The summed E-state index contributed by atoms with van der Waals surface area (Å²) in [6.45, 7) is 5.81. The van der Waals surface area contributed by atoms with Crippen molar-refractivity contribution in [3.8, 4) is 0 Å². The summed E-state index contributed by atoms with van der Waals surface area (Å²) in [4.78, 5) is 17.8. The third-order valence-corrected chi connectivity index (χ3v) is 3.80. The second-order valence-corrected chi connectivity index (χ2v) is 5.81. The zero-order valence-electron chi connectivity index (χ0n) is 15.3. The van der Waals surface area contributed by atoms with E-state index in [9.17, 15) is 4.79 Å². The molecule has 2 N–H and O–H groups in total. The van der Waals surface area contributed by atoms with Gasteiger partial charge in [-0.3, -0.25) is 4.79 Å². The Balaban J connectivity index is 0.00000312. The smallest absolute Gasteiger partial charge is 0.223 e. The number of furan rings is 1. The molecule has 1 heterocycles. The number of para-hydroxylation sites is 1.